The summed E-state index contributed by atoms with van der Waals surface area (Å²) in [6, 6.07) is 6.42. The fourth-order valence-electron chi connectivity index (χ4n) is 3.40. The van der Waals surface area contributed by atoms with Gasteiger partial charge in [0.05, 0.1) is 0 Å². The molecule has 0 saturated carbocycles. The van der Waals surface area contributed by atoms with Gasteiger partial charge in [0.2, 0.25) is 5.91 Å². The molecule has 3 rings (SSSR count). The van der Waals surface area contributed by atoms with Gasteiger partial charge in [0, 0.05) is 17.8 Å². The highest BCUT2D eigenvalue weighted by atomic mass is 16.2. The van der Waals surface area contributed by atoms with Crippen LogP contribution in [0.25, 0.3) is 0 Å². The molecule has 1 atom stereocenters. The monoisotopic (exact) mass is 343 g/mol. The van der Waals surface area contributed by atoms with Crippen LogP contribution in [0.4, 0.5) is 10.5 Å². The van der Waals surface area contributed by atoms with Crippen LogP contribution in [0, 0.1) is 0 Å². The van der Waals surface area contributed by atoms with E-state index in [4.69, 9.17) is 0 Å². The lowest BCUT2D eigenvalue weighted by Crippen LogP contribution is -2.48. The second kappa shape index (κ2) is 6.31. The lowest BCUT2D eigenvalue weighted by atomic mass is 9.96. The van der Waals surface area contributed by atoms with Crippen LogP contribution >= 0.6 is 0 Å². The van der Waals surface area contributed by atoms with E-state index in [2.05, 4.69) is 0 Å². The summed E-state index contributed by atoms with van der Waals surface area (Å²) < 4.78 is 0. The highest BCUT2D eigenvalue weighted by Crippen LogP contribution is 2.30. The lowest BCUT2D eigenvalue weighted by Gasteiger charge is -2.36. The van der Waals surface area contributed by atoms with Crippen LogP contribution in [0.15, 0.2) is 24.3 Å². The maximum absolute atomic E-state index is 12.9. The van der Waals surface area contributed by atoms with Gasteiger partial charge in [-0.25, -0.2) is 9.69 Å². The Labute approximate surface area is 146 Å². The minimum Gasteiger partial charge on any atom is -0.308 e. The summed E-state index contributed by atoms with van der Waals surface area (Å²) in [4.78, 5) is 52.6. The number of aryl methyl sites for hydroxylation is 1. The highest BCUT2D eigenvalue weighted by Gasteiger charge is 2.47. The predicted octanol–water partition coefficient (Wildman–Crippen LogP) is 1.55. The van der Waals surface area contributed by atoms with E-state index in [1.165, 1.54) is 0 Å². The molecule has 0 radical (unpaired) electrons. The third-order valence-electron chi connectivity index (χ3n) is 4.69. The fraction of sp³-hybridized carbons (Fsp3) is 0.444. The SMILES string of the molecule is CC(C)N1C(=O)C(=O)N(CC(=O)N2c3ccccc3CCC2C)C1=O. The second-order valence-corrected chi connectivity index (χ2v) is 6.72. The molecule has 0 N–H and O–H groups in total. The zero-order valence-electron chi connectivity index (χ0n) is 14.6. The minimum absolute atomic E-state index is 0.0351. The minimum atomic E-state index is -0.940. The van der Waals surface area contributed by atoms with Crippen molar-refractivity contribution < 1.29 is 19.2 Å². The predicted molar refractivity (Wildman–Crippen MR) is 90.8 cm³/mol. The second-order valence-electron chi connectivity index (χ2n) is 6.72. The number of amides is 5. The van der Waals surface area contributed by atoms with Crippen molar-refractivity contribution in [2.75, 3.05) is 11.4 Å². The molecule has 0 aromatic heterocycles. The van der Waals surface area contributed by atoms with Crippen molar-refractivity contribution in [3.05, 3.63) is 29.8 Å². The molecule has 0 bridgehead atoms. The molecule has 2 aliphatic rings. The van der Waals surface area contributed by atoms with Crippen molar-refractivity contribution in [1.82, 2.24) is 9.80 Å². The van der Waals surface area contributed by atoms with Crippen molar-refractivity contribution in [2.24, 2.45) is 0 Å². The van der Waals surface area contributed by atoms with Gasteiger partial charge in [0.25, 0.3) is 0 Å². The van der Waals surface area contributed by atoms with E-state index in [1.54, 1.807) is 18.7 Å². The van der Waals surface area contributed by atoms with Crippen LogP contribution in [0.1, 0.15) is 32.8 Å². The van der Waals surface area contributed by atoms with Gasteiger partial charge < -0.3 is 4.90 Å². The molecule has 1 saturated heterocycles. The van der Waals surface area contributed by atoms with Gasteiger partial charge in [0.1, 0.15) is 6.54 Å². The largest absolute Gasteiger partial charge is 0.334 e. The Balaban J connectivity index is 1.84. The Morgan fingerprint density at radius 3 is 2.48 bits per heavy atom. The van der Waals surface area contributed by atoms with Gasteiger partial charge in [-0.05, 0) is 45.2 Å². The van der Waals surface area contributed by atoms with E-state index in [-0.39, 0.29) is 11.9 Å². The molecule has 25 heavy (non-hydrogen) atoms. The van der Waals surface area contributed by atoms with Crippen molar-refractivity contribution in [1.29, 1.82) is 0 Å². The number of carbonyl (C=O) groups excluding carboxylic acids is 4. The van der Waals surface area contributed by atoms with E-state index in [0.29, 0.717) is 0 Å². The quantitative estimate of drug-likeness (QED) is 0.616. The molecule has 1 aromatic rings. The molecular formula is C18H21N3O4. The Bertz CT molecular complexity index is 758. The lowest BCUT2D eigenvalue weighted by molar-refractivity contribution is -0.144. The summed E-state index contributed by atoms with van der Waals surface area (Å²) in [6.45, 7) is 4.81. The zero-order valence-corrected chi connectivity index (χ0v) is 14.6. The third-order valence-corrected chi connectivity index (χ3v) is 4.69. The Hall–Kier alpha value is -2.70. The van der Waals surface area contributed by atoms with E-state index in [1.807, 2.05) is 31.2 Å². The Kier molecular flexibility index (Phi) is 4.32. The number of nitrogens with zero attached hydrogens (tertiary/aromatic N) is 3. The molecule has 0 aliphatic carbocycles. The van der Waals surface area contributed by atoms with Crippen molar-refractivity contribution in [3.63, 3.8) is 0 Å². The zero-order chi connectivity index (χ0) is 18.3. The first-order valence-electron chi connectivity index (χ1n) is 8.42. The number of fused-ring (bicyclic) bond motifs is 1. The summed E-state index contributed by atoms with van der Waals surface area (Å²) in [5.41, 5.74) is 1.87. The van der Waals surface area contributed by atoms with Crippen molar-refractivity contribution in [3.8, 4) is 0 Å². The fourth-order valence-corrected chi connectivity index (χ4v) is 3.40. The first kappa shape index (κ1) is 17.1. The van der Waals surface area contributed by atoms with Crippen LogP contribution in [-0.4, -0.2) is 52.2 Å². The number of rotatable bonds is 3. The van der Waals surface area contributed by atoms with Crippen LogP contribution in [0.3, 0.4) is 0 Å². The molecule has 1 aromatic carbocycles. The topological polar surface area (TPSA) is 78.0 Å². The maximum atomic E-state index is 12.9. The van der Waals surface area contributed by atoms with Crippen LogP contribution in [0.5, 0.6) is 0 Å². The van der Waals surface area contributed by atoms with Gasteiger partial charge in [-0.15, -0.1) is 0 Å². The maximum Gasteiger partial charge on any atom is 0.334 e. The molecular weight excluding hydrogens is 322 g/mol. The molecule has 1 fully saturated rings. The first-order chi connectivity index (χ1) is 11.8. The number of carbonyl (C=O) groups is 4. The van der Waals surface area contributed by atoms with Crippen molar-refractivity contribution in [2.45, 2.75) is 45.7 Å². The summed E-state index contributed by atoms with van der Waals surface area (Å²) in [5.74, 6) is -2.18. The number of benzene rings is 1. The van der Waals surface area contributed by atoms with Gasteiger partial charge in [-0.2, -0.15) is 0 Å². The first-order valence-corrected chi connectivity index (χ1v) is 8.42. The van der Waals surface area contributed by atoms with Crippen molar-refractivity contribution >= 4 is 29.4 Å². The van der Waals surface area contributed by atoms with Crippen LogP contribution in [-0.2, 0) is 20.8 Å². The molecule has 7 heteroatoms. The van der Waals surface area contributed by atoms with Crippen LogP contribution < -0.4 is 4.90 Å². The molecule has 5 amide bonds. The standard InChI is InChI=1S/C18H21N3O4/c1-11(2)20-17(24)16(23)19(18(20)25)10-15(22)21-12(3)8-9-13-6-4-5-7-14(13)21/h4-7,11-12H,8-10H2,1-3H3. The molecule has 132 valence electrons. The number of imide groups is 2. The average molecular weight is 343 g/mol. The number of anilines is 1. The van der Waals surface area contributed by atoms with Gasteiger partial charge in [-0.3, -0.25) is 19.3 Å². The molecule has 0 spiro atoms. The summed E-state index contributed by atoms with van der Waals surface area (Å²) >= 11 is 0. The van der Waals surface area contributed by atoms with Gasteiger partial charge in [-0.1, -0.05) is 18.2 Å². The molecule has 7 nitrogen and oxygen atoms in total. The highest BCUT2D eigenvalue weighted by molar-refractivity contribution is 6.45. The summed E-state index contributed by atoms with van der Waals surface area (Å²) in [6.07, 6.45) is 1.68. The average Bonchev–Trinajstić information content (AvgIpc) is 2.78. The van der Waals surface area contributed by atoms with Gasteiger partial charge >= 0.3 is 17.8 Å². The van der Waals surface area contributed by atoms with E-state index < -0.39 is 30.4 Å². The normalized spacial score (nSPS) is 20.6. The smallest absolute Gasteiger partial charge is 0.308 e. The number of urea groups is 1. The molecule has 2 aliphatic heterocycles. The summed E-state index contributed by atoms with van der Waals surface area (Å²) in [7, 11) is 0. The summed E-state index contributed by atoms with van der Waals surface area (Å²) in [5, 5.41) is 0. The molecule has 2 heterocycles. The third kappa shape index (κ3) is 2.79. The number of para-hydroxylation sites is 1. The van der Waals surface area contributed by atoms with E-state index in [0.717, 1.165) is 33.9 Å². The van der Waals surface area contributed by atoms with E-state index in [9.17, 15) is 19.2 Å². The Morgan fingerprint density at radius 1 is 1.16 bits per heavy atom. The van der Waals surface area contributed by atoms with E-state index >= 15 is 0 Å². The van der Waals surface area contributed by atoms with Crippen LogP contribution in [0.2, 0.25) is 0 Å². The molecule has 1 unspecified atom stereocenters. The number of hydrogen-bond acceptors (Lipinski definition) is 4. The number of hydrogen-bond donors (Lipinski definition) is 0. The van der Waals surface area contributed by atoms with Gasteiger partial charge in [0.15, 0.2) is 0 Å². The Morgan fingerprint density at radius 2 is 1.84 bits per heavy atom.